The number of hydrogen-bond donors (Lipinski definition) is 3. The Morgan fingerprint density at radius 2 is 2.06 bits per heavy atom. The Labute approximate surface area is 93.7 Å². The molecule has 0 spiro atoms. The zero-order chi connectivity index (χ0) is 11.8. The Kier molecular flexibility index (Phi) is 2.59. The van der Waals surface area contributed by atoms with Crippen LogP contribution < -0.4 is 5.73 Å². The Morgan fingerprint density at radius 1 is 1.38 bits per heavy atom. The molecule has 1 atom stereocenters. The summed E-state index contributed by atoms with van der Waals surface area (Å²) in [5.74, 6) is -0.593. The van der Waals surface area contributed by atoms with Crippen LogP contribution in [0, 0.1) is 5.41 Å². The lowest BCUT2D eigenvalue weighted by molar-refractivity contribution is -0.139. The van der Waals surface area contributed by atoms with Gasteiger partial charge in [-0.15, -0.1) is 0 Å². The molecule has 0 amide bonds. The fourth-order valence-corrected chi connectivity index (χ4v) is 2.48. The molecule has 1 aliphatic carbocycles. The Bertz CT molecular complexity index is 430. The molecule has 0 fully saturated rings. The van der Waals surface area contributed by atoms with Gasteiger partial charge >= 0.3 is 5.97 Å². The van der Waals surface area contributed by atoms with Crippen molar-refractivity contribution in [3.05, 3.63) is 29.3 Å². The third-order valence-electron chi connectivity index (χ3n) is 3.28. The molecule has 1 aromatic carbocycles. The summed E-state index contributed by atoms with van der Waals surface area (Å²) in [6.45, 7) is 0.356. The van der Waals surface area contributed by atoms with Crippen LogP contribution in [0.5, 0.6) is 5.75 Å². The molecule has 16 heavy (non-hydrogen) atoms. The molecule has 1 unspecified atom stereocenters. The van der Waals surface area contributed by atoms with Gasteiger partial charge in [0, 0.05) is 5.41 Å². The quantitative estimate of drug-likeness (QED) is 0.708. The van der Waals surface area contributed by atoms with Gasteiger partial charge in [0.05, 0.1) is 6.42 Å². The van der Waals surface area contributed by atoms with Crippen molar-refractivity contribution in [3.63, 3.8) is 0 Å². The zero-order valence-corrected chi connectivity index (χ0v) is 8.94. The van der Waals surface area contributed by atoms with Gasteiger partial charge in [0.25, 0.3) is 0 Å². The van der Waals surface area contributed by atoms with Gasteiger partial charge in [0.1, 0.15) is 5.75 Å². The van der Waals surface area contributed by atoms with E-state index < -0.39 is 5.97 Å². The number of phenolic OH excluding ortho intramolecular Hbond substituents is 1. The van der Waals surface area contributed by atoms with E-state index in [1.807, 2.05) is 6.07 Å². The molecule has 0 radical (unpaired) electrons. The average Bonchev–Trinajstić information content (AvgIpc) is 2.54. The molecule has 0 aromatic heterocycles. The first-order valence-electron chi connectivity index (χ1n) is 5.27. The van der Waals surface area contributed by atoms with Gasteiger partial charge < -0.3 is 15.9 Å². The van der Waals surface area contributed by atoms with Gasteiger partial charge in [-0.25, -0.2) is 0 Å². The molecular formula is C12H15NO3. The third-order valence-corrected chi connectivity index (χ3v) is 3.28. The molecule has 0 saturated heterocycles. The van der Waals surface area contributed by atoms with E-state index in [0.717, 1.165) is 11.1 Å². The van der Waals surface area contributed by atoms with E-state index in [1.54, 1.807) is 12.1 Å². The topological polar surface area (TPSA) is 83.6 Å². The predicted octanol–water partition coefficient (Wildman–Crippen LogP) is 0.911. The fraction of sp³-hybridized carbons (Fsp3) is 0.417. The second-order valence-corrected chi connectivity index (χ2v) is 4.58. The standard InChI is InChI=1S/C12H15NO3/c13-7-12(6-11(15)16)4-8-1-2-10(14)3-9(8)5-12/h1-3,14H,4-7,13H2,(H,15,16). The summed E-state index contributed by atoms with van der Waals surface area (Å²) >= 11 is 0. The maximum atomic E-state index is 10.8. The predicted molar refractivity (Wildman–Crippen MR) is 59.3 cm³/mol. The lowest BCUT2D eigenvalue weighted by atomic mass is 9.81. The molecule has 1 aromatic rings. The van der Waals surface area contributed by atoms with E-state index in [9.17, 15) is 9.90 Å². The number of hydrogen-bond acceptors (Lipinski definition) is 3. The van der Waals surface area contributed by atoms with Gasteiger partial charge in [-0.05, 0) is 42.6 Å². The van der Waals surface area contributed by atoms with E-state index >= 15 is 0 Å². The normalized spacial score (nSPS) is 23.1. The highest BCUT2D eigenvalue weighted by Crippen LogP contribution is 2.40. The lowest BCUT2D eigenvalue weighted by Gasteiger charge is -2.24. The van der Waals surface area contributed by atoms with Crippen molar-refractivity contribution in [2.75, 3.05) is 6.54 Å². The van der Waals surface area contributed by atoms with Gasteiger partial charge in [0.2, 0.25) is 0 Å². The van der Waals surface area contributed by atoms with Crippen molar-refractivity contribution in [1.82, 2.24) is 0 Å². The number of nitrogens with two attached hydrogens (primary N) is 1. The van der Waals surface area contributed by atoms with Crippen LogP contribution in [0.2, 0.25) is 0 Å². The zero-order valence-electron chi connectivity index (χ0n) is 8.94. The summed E-state index contributed by atoms with van der Waals surface area (Å²) < 4.78 is 0. The minimum atomic E-state index is -0.817. The van der Waals surface area contributed by atoms with Crippen molar-refractivity contribution in [1.29, 1.82) is 0 Å². The molecular weight excluding hydrogens is 206 g/mol. The molecule has 1 aliphatic rings. The molecule has 2 rings (SSSR count). The first kappa shape index (κ1) is 11.0. The number of benzene rings is 1. The van der Waals surface area contributed by atoms with Gasteiger partial charge in [-0.3, -0.25) is 4.79 Å². The maximum absolute atomic E-state index is 10.8. The van der Waals surface area contributed by atoms with Crippen LogP contribution >= 0.6 is 0 Å². The van der Waals surface area contributed by atoms with E-state index in [2.05, 4.69) is 0 Å². The van der Waals surface area contributed by atoms with Crippen LogP contribution in [0.1, 0.15) is 17.5 Å². The summed E-state index contributed by atoms with van der Waals surface area (Å²) in [6, 6.07) is 5.19. The van der Waals surface area contributed by atoms with Crippen LogP contribution in [0.3, 0.4) is 0 Å². The van der Waals surface area contributed by atoms with Crippen molar-refractivity contribution in [3.8, 4) is 5.75 Å². The summed E-state index contributed by atoms with van der Waals surface area (Å²) in [5.41, 5.74) is 7.46. The molecule has 0 bridgehead atoms. The smallest absolute Gasteiger partial charge is 0.303 e. The van der Waals surface area contributed by atoms with Crippen LogP contribution in [0.4, 0.5) is 0 Å². The van der Waals surface area contributed by atoms with Crippen molar-refractivity contribution < 1.29 is 15.0 Å². The molecule has 86 valence electrons. The van der Waals surface area contributed by atoms with Gasteiger partial charge in [-0.2, -0.15) is 0 Å². The van der Waals surface area contributed by atoms with Crippen molar-refractivity contribution >= 4 is 5.97 Å². The highest BCUT2D eigenvalue weighted by Gasteiger charge is 2.38. The molecule has 0 heterocycles. The second kappa shape index (κ2) is 3.79. The highest BCUT2D eigenvalue weighted by molar-refractivity contribution is 5.68. The largest absolute Gasteiger partial charge is 0.508 e. The SMILES string of the molecule is NCC1(CC(=O)O)Cc2ccc(O)cc2C1. The van der Waals surface area contributed by atoms with Crippen LogP contribution in [0.25, 0.3) is 0 Å². The highest BCUT2D eigenvalue weighted by atomic mass is 16.4. The average molecular weight is 221 g/mol. The van der Waals surface area contributed by atoms with Gasteiger partial charge in [0.15, 0.2) is 0 Å². The van der Waals surface area contributed by atoms with E-state index in [0.29, 0.717) is 19.4 Å². The molecule has 0 saturated carbocycles. The van der Waals surface area contributed by atoms with Crippen LogP contribution in [-0.4, -0.2) is 22.7 Å². The van der Waals surface area contributed by atoms with E-state index in [4.69, 9.17) is 10.8 Å². The van der Waals surface area contributed by atoms with Gasteiger partial charge in [-0.1, -0.05) is 6.07 Å². The number of fused-ring (bicyclic) bond motifs is 1. The summed E-state index contributed by atoms with van der Waals surface area (Å²) in [7, 11) is 0. The van der Waals surface area contributed by atoms with Crippen molar-refractivity contribution in [2.24, 2.45) is 11.1 Å². The molecule has 4 heteroatoms. The maximum Gasteiger partial charge on any atom is 0.303 e. The fourth-order valence-electron chi connectivity index (χ4n) is 2.48. The summed E-state index contributed by atoms with van der Waals surface area (Å²) in [5, 5.41) is 18.3. The Balaban J connectivity index is 2.28. The van der Waals surface area contributed by atoms with E-state index in [-0.39, 0.29) is 17.6 Å². The monoisotopic (exact) mass is 221 g/mol. The minimum Gasteiger partial charge on any atom is -0.508 e. The number of carbonyl (C=O) groups is 1. The summed E-state index contributed by atoms with van der Waals surface area (Å²) in [4.78, 5) is 10.8. The molecule has 4 nitrogen and oxygen atoms in total. The number of aliphatic carboxylic acids is 1. The minimum absolute atomic E-state index is 0.0823. The first-order valence-corrected chi connectivity index (χ1v) is 5.27. The van der Waals surface area contributed by atoms with Crippen LogP contribution in [0.15, 0.2) is 18.2 Å². The third kappa shape index (κ3) is 1.88. The molecule has 4 N–H and O–H groups in total. The Morgan fingerprint density at radius 3 is 2.69 bits per heavy atom. The number of rotatable bonds is 3. The van der Waals surface area contributed by atoms with Crippen LogP contribution in [-0.2, 0) is 17.6 Å². The first-order chi connectivity index (χ1) is 7.54. The number of carboxylic acid groups (broad SMARTS) is 1. The Hall–Kier alpha value is -1.55. The number of aromatic hydroxyl groups is 1. The van der Waals surface area contributed by atoms with Crippen molar-refractivity contribution in [2.45, 2.75) is 19.3 Å². The number of phenols is 1. The lowest BCUT2D eigenvalue weighted by Crippen LogP contribution is -2.33. The second-order valence-electron chi connectivity index (χ2n) is 4.58. The van der Waals surface area contributed by atoms with E-state index in [1.165, 1.54) is 0 Å². The summed E-state index contributed by atoms with van der Waals surface area (Å²) in [6.07, 6.45) is 1.41. The number of carboxylic acids is 1. The molecule has 0 aliphatic heterocycles.